The number of aryl methyl sites for hydroxylation is 1. The highest BCUT2D eigenvalue weighted by atomic mass is 16.2. The number of aromatic nitrogens is 2. The fraction of sp³-hybridized carbons (Fsp3) is 0.350. The van der Waals surface area contributed by atoms with Crippen molar-refractivity contribution in [2.24, 2.45) is 0 Å². The lowest BCUT2D eigenvalue weighted by Gasteiger charge is -2.37. The molecule has 2 aliphatic rings. The van der Waals surface area contributed by atoms with Crippen LogP contribution in [0.5, 0.6) is 0 Å². The quantitative estimate of drug-likeness (QED) is 0.758. The number of imide groups is 1. The second-order valence-corrected chi connectivity index (χ2v) is 7.35. The van der Waals surface area contributed by atoms with Gasteiger partial charge >= 0.3 is 6.03 Å². The van der Waals surface area contributed by atoms with E-state index in [1.807, 2.05) is 24.0 Å². The van der Waals surface area contributed by atoms with Gasteiger partial charge in [0.2, 0.25) is 11.9 Å². The number of rotatable bonds is 4. The van der Waals surface area contributed by atoms with Crippen LogP contribution >= 0.6 is 0 Å². The minimum Gasteiger partial charge on any atom is -0.341 e. The standard InChI is InChI=1S/C20H22N6O3/c1-14-3-5-15(6-4-14)23-16(27)13-26-17(28)20(24-19(26)29)7-11-25(12-8-20)18-21-9-2-10-22-18/h2-6,9-10H,7-8,11-13H2,1H3,(H,23,27)(H,24,29). The van der Waals surface area contributed by atoms with Crippen LogP contribution in [0.15, 0.2) is 42.7 Å². The lowest BCUT2D eigenvalue weighted by molar-refractivity contribution is -0.134. The van der Waals surface area contributed by atoms with Crippen LogP contribution in [-0.4, -0.2) is 57.9 Å². The van der Waals surface area contributed by atoms with E-state index < -0.39 is 17.5 Å². The zero-order chi connectivity index (χ0) is 20.4. The lowest BCUT2D eigenvalue weighted by atomic mass is 9.87. The van der Waals surface area contributed by atoms with E-state index in [9.17, 15) is 14.4 Å². The molecule has 2 fully saturated rings. The zero-order valence-corrected chi connectivity index (χ0v) is 16.1. The number of anilines is 2. The molecule has 9 heteroatoms. The summed E-state index contributed by atoms with van der Waals surface area (Å²) in [4.78, 5) is 49.2. The van der Waals surface area contributed by atoms with E-state index in [0.29, 0.717) is 37.6 Å². The van der Waals surface area contributed by atoms with Gasteiger partial charge in [0.25, 0.3) is 5.91 Å². The van der Waals surface area contributed by atoms with E-state index in [-0.39, 0.29) is 12.5 Å². The van der Waals surface area contributed by atoms with Crippen molar-refractivity contribution in [1.82, 2.24) is 20.2 Å². The first kappa shape index (κ1) is 18.9. The Morgan fingerprint density at radius 1 is 1.14 bits per heavy atom. The third-order valence-electron chi connectivity index (χ3n) is 5.33. The Bertz CT molecular complexity index is 923. The average molecular weight is 394 g/mol. The predicted molar refractivity (Wildman–Crippen MR) is 106 cm³/mol. The molecule has 4 amide bonds. The van der Waals surface area contributed by atoms with Gasteiger partial charge in [-0.1, -0.05) is 17.7 Å². The van der Waals surface area contributed by atoms with Gasteiger partial charge in [-0.25, -0.2) is 14.8 Å². The second kappa shape index (κ2) is 7.50. The molecule has 3 heterocycles. The van der Waals surface area contributed by atoms with Crippen LogP contribution in [0.2, 0.25) is 0 Å². The van der Waals surface area contributed by atoms with Gasteiger partial charge in [0.05, 0.1) is 0 Å². The monoisotopic (exact) mass is 394 g/mol. The highest BCUT2D eigenvalue weighted by Gasteiger charge is 2.52. The van der Waals surface area contributed by atoms with E-state index in [1.54, 1.807) is 30.6 Å². The smallest absolute Gasteiger partial charge is 0.325 e. The summed E-state index contributed by atoms with van der Waals surface area (Å²) < 4.78 is 0. The molecule has 29 heavy (non-hydrogen) atoms. The number of hydrogen-bond acceptors (Lipinski definition) is 6. The average Bonchev–Trinajstić information content (AvgIpc) is 2.95. The molecule has 0 unspecified atom stereocenters. The predicted octanol–water partition coefficient (Wildman–Crippen LogP) is 1.31. The van der Waals surface area contributed by atoms with Crippen LogP contribution in [0.25, 0.3) is 0 Å². The van der Waals surface area contributed by atoms with E-state index in [0.717, 1.165) is 10.5 Å². The lowest BCUT2D eigenvalue weighted by Crippen LogP contribution is -2.55. The van der Waals surface area contributed by atoms with Gasteiger partial charge in [-0.2, -0.15) is 0 Å². The summed E-state index contributed by atoms with van der Waals surface area (Å²) in [5.41, 5.74) is 0.733. The van der Waals surface area contributed by atoms with Gasteiger partial charge in [-0.3, -0.25) is 14.5 Å². The molecule has 0 radical (unpaired) electrons. The Morgan fingerprint density at radius 3 is 2.45 bits per heavy atom. The van der Waals surface area contributed by atoms with Crippen molar-refractivity contribution in [2.75, 3.05) is 29.9 Å². The maximum Gasteiger partial charge on any atom is 0.325 e. The van der Waals surface area contributed by atoms with Crippen molar-refractivity contribution in [3.05, 3.63) is 48.3 Å². The highest BCUT2D eigenvalue weighted by molar-refractivity contribution is 6.10. The summed E-state index contributed by atoms with van der Waals surface area (Å²) in [6, 6.07) is 8.53. The van der Waals surface area contributed by atoms with Crippen molar-refractivity contribution in [3.8, 4) is 0 Å². The molecule has 2 saturated heterocycles. The van der Waals surface area contributed by atoms with Crippen LogP contribution in [0.1, 0.15) is 18.4 Å². The topological polar surface area (TPSA) is 108 Å². The van der Waals surface area contributed by atoms with Gasteiger partial charge in [0, 0.05) is 31.2 Å². The number of carbonyl (C=O) groups excluding carboxylic acids is 3. The SMILES string of the molecule is Cc1ccc(NC(=O)CN2C(=O)NC3(CCN(c4ncccn4)CC3)C2=O)cc1. The fourth-order valence-electron chi connectivity index (χ4n) is 3.68. The van der Waals surface area contributed by atoms with Crippen LogP contribution in [-0.2, 0) is 9.59 Å². The Balaban J connectivity index is 1.38. The Hall–Kier alpha value is -3.49. The molecule has 2 aliphatic heterocycles. The minimum absolute atomic E-state index is 0.314. The highest BCUT2D eigenvalue weighted by Crippen LogP contribution is 2.30. The summed E-state index contributed by atoms with van der Waals surface area (Å²) >= 11 is 0. The van der Waals surface area contributed by atoms with Gasteiger partial charge in [-0.15, -0.1) is 0 Å². The number of urea groups is 1. The van der Waals surface area contributed by atoms with Gasteiger partial charge in [0.1, 0.15) is 12.1 Å². The molecule has 4 rings (SSSR count). The molecule has 0 bridgehead atoms. The molecule has 150 valence electrons. The van der Waals surface area contributed by atoms with E-state index in [1.165, 1.54) is 0 Å². The largest absolute Gasteiger partial charge is 0.341 e. The Kier molecular flexibility index (Phi) is 4.87. The van der Waals surface area contributed by atoms with Crippen LogP contribution in [0.4, 0.5) is 16.4 Å². The number of amides is 4. The minimum atomic E-state index is -0.966. The second-order valence-electron chi connectivity index (χ2n) is 7.35. The molecule has 0 aliphatic carbocycles. The maximum atomic E-state index is 13.0. The zero-order valence-electron chi connectivity index (χ0n) is 16.1. The summed E-state index contributed by atoms with van der Waals surface area (Å²) in [7, 11) is 0. The molecule has 2 aromatic rings. The molecule has 1 aromatic carbocycles. The maximum absolute atomic E-state index is 13.0. The fourth-order valence-corrected chi connectivity index (χ4v) is 3.68. The summed E-state index contributed by atoms with van der Waals surface area (Å²) in [6.07, 6.45) is 4.21. The van der Waals surface area contributed by atoms with Crippen molar-refractivity contribution in [2.45, 2.75) is 25.3 Å². The molecule has 2 N–H and O–H groups in total. The summed E-state index contributed by atoms with van der Waals surface area (Å²) in [6.45, 7) is 2.72. The molecule has 0 saturated carbocycles. The van der Waals surface area contributed by atoms with Crippen LogP contribution in [0.3, 0.4) is 0 Å². The van der Waals surface area contributed by atoms with Crippen molar-refractivity contribution in [1.29, 1.82) is 0 Å². The number of hydrogen-bond donors (Lipinski definition) is 2. The van der Waals surface area contributed by atoms with E-state index >= 15 is 0 Å². The van der Waals surface area contributed by atoms with Crippen molar-refractivity contribution >= 4 is 29.5 Å². The van der Waals surface area contributed by atoms with Crippen LogP contribution in [0, 0.1) is 6.92 Å². The number of benzene rings is 1. The first-order valence-corrected chi connectivity index (χ1v) is 9.49. The third-order valence-corrected chi connectivity index (χ3v) is 5.33. The number of piperidine rings is 1. The summed E-state index contributed by atoms with van der Waals surface area (Å²) in [5, 5.41) is 5.53. The summed E-state index contributed by atoms with van der Waals surface area (Å²) in [5.74, 6) is -0.159. The van der Waals surface area contributed by atoms with Gasteiger partial charge < -0.3 is 15.5 Å². The molecular weight excluding hydrogens is 372 g/mol. The third kappa shape index (κ3) is 3.75. The molecular formula is C20H22N6O3. The molecule has 9 nitrogen and oxygen atoms in total. The first-order valence-electron chi connectivity index (χ1n) is 9.49. The number of nitrogens with one attached hydrogen (secondary N) is 2. The van der Waals surface area contributed by atoms with Crippen LogP contribution < -0.4 is 15.5 Å². The Labute approximate surface area is 168 Å². The number of carbonyl (C=O) groups is 3. The normalized spacial score (nSPS) is 18.1. The van der Waals surface area contributed by atoms with Gasteiger partial charge in [0.15, 0.2) is 0 Å². The molecule has 1 aromatic heterocycles. The number of nitrogens with zero attached hydrogens (tertiary/aromatic N) is 4. The van der Waals surface area contributed by atoms with E-state index in [2.05, 4.69) is 20.6 Å². The van der Waals surface area contributed by atoms with E-state index in [4.69, 9.17) is 0 Å². The first-order chi connectivity index (χ1) is 14.0. The van der Waals surface area contributed by atoms with Crippen molar-refractivity contribution < 1.29 is 14.4 Å². The molecule has 1 spiro atoms. The molecule has 0 atom stereocenters. The Morgan fingerprint density at radius 2 is 1.79 bits per heavy atom. The van der Waals surface area contributed by atoms with Gasteiger partial charge in [-0.05, 0) is 38.0 Å². The van der Waals surface area contributed by atoms with Crippen molar-refractivity contribution in [3.63, 3.8) is 0 Å².